The Kier molecular flexibility index (Phi) is 7.22. The Morgan fingerprint density at radius 2 is 1.83 bits per heavy atom. The van der Waals surface area contributed by atoms with E-state index in [0.29, 0.717) is 18.3 Å². The molecule has 2 aliphatic rings. The molecule has 3 rings (SSSR count). The number of likely N-dealkylation sites (N-methyl/N-ethyl adjacent to an activating group) is 1. The largest absolute Gasteiger partial charge is 0.490 e. The highest BCUT2D eigenvalue weighted by Crippen LogP contribution is 2.36. The number of halogens is 3. The molecule has 162 valence electrons. The second-order valence-corrected chi connectivity index (χ2v) is 6.98. The third-order valence-corrected chi connectivity index (χ3v) is 5.11. The van der Waals surface area contributed by atoms with Crippen LogP contribution < -0.4 is 5.32 Å². The van der Waals surface area contributed by atoms with Gasteiger partial charge in [0, 0.05) is 51.4 Å². The van der Waals surface area contributed by atoms with Crippen LogP contribution in [-0.4, -0.2) is 82.3 Å². The van der Waals surface area contributed by atoms with Gasteiger partial charge in [0.2, 0.25) is 11.8 Å². The van der Waals surface area contributed by atoms with Gasteiger partial charge in [-0.3, -0.25) is 19.6 Å². The van der Waals surface area contributed by atoms with Crippen LogP contribution in [0, 0.1) is 11.8 Å². The van der Waals surface area contributed by atoms with E-state index in [4.69, 9.17) is 9.90 Å². The molecule has 2 fully saturated rings. The second-order valence-electron chi connectivity index (χ2n) is 6.98. The Bertz CT molecular complexity index is 711. The molecule has 0 bridgehead atoms. The standard InChI is InChI=1S/C15H23N5O2.C2HF3O2/c1-3-13(21)19-6-11-8-20(9-12(11)7-19)14(15(22)16-2)10-4-17-18-5-10;3-2(4,5)1(6)7/h4-5,11-12,14H,3,6-9H2,1-2H3,(H,16,22)(H,17,18);(H,6,7). The third kappa shape index (κ3) is 5.46. The molecule has 9 nitrogen and oxygen atoms in total. The van der Waals surface area contributed by atoms with Crippen molar-refractivity contribution in [3.63, 3.8) is 0 Å². The number of fused-ring (bicyclic) bond motifs is 1. The van der Waals surface area contributed by atoms with E-state index in [-0.39, 0.29) is 17.9 Å². The number of carbonyl (C=O) groups is 3. The number of aromatic amines is 1. The lowest BCUT2D eigenvalue weighted by Gasteiger charge is -2.27. The zero-order valence-corrected chi connectivity index (χ0v) is 16.1. The number of hydrogen-bond acceptors (Lipinski definition) is 5. The first-order valence-electron chi connectivity index (χ1n) is 9.10. The van der Waals surface area contributed by atoms with Crippen LogP contribution in [0.15, 0.2) is 12.4 Å². The summed E-state index contributed by atoms with van der Waals surface area (Å²) in [7, 11) is 1.66. The Labute approximate surface area is 165 Å². The van der Waals surface area contributed by atoms with Crippen molar-refractivity contribution in [2.45, 2.75) is 25.6 Å². The van der Waals surface area contributed by atoms with Gasteiger partial charge < -0.3 is 15.3 Å². The van der Waals surface area contributed by atoms with E-state index >= 15 is 0 Å². The molecule has 3 atom stereocenters. The number of alkyl halides is 3. The van der Waals surface area contributed by atoms with E-state index in [1.54, 1.807) is 19.4 Å². The minimum Gasteiger partial charge on any atom is -0.475 e. The number of aromatic nitrogens is 2. The van der Waals surface area contributed by atoms with Gasteiger partial charge in [-0.05, 0) is 11.8 Å². The summed E-state index contributed by atoms with van der Waals surface area (Å²) < 4.78 is 31.7. The minimum absolute atomic E-state index is 0.0112. The number of aliphatic carboxylic acids is 1. The summed E-state index contributed by atoms with van der Waals surface area (Å²) >= 11 is 0. The van der Waals surface area contributed by atoms with Gasteiger partial charge in [0.1, 0.15) is 6.04 Å². The van der Waals surface area contributed by atoms with Crippen molar-refractivity contribution in [2.24, 2.45) is 11.8 Å². The van der Waals surface area contributed by atoms with Gasteiger partial charge in [0.05, 0.1) is 6.20 Å². The third-order valence-electron chi connectivity index (χ3n) is 5.11. The first kappa shape index (κ1) is 22.7. The van der Waals surface area contributed by atoms with Crippen molar-refractivity contribution >= 4 is 17.8 Å². The molecular weight excluding hydrogens is 395 g/mol. The van der Waals surface area contributed by atoms with E-state index in [1.807, 2.05) is 11.8 Å². The van der Waals surface area contributed by atoms with Gasteiger partial charge in [-0.1, -0.05) is 6.92 Å². The summed E-state index contributed by atoms with van der Waals surface area (Å²) in [5.41, 5.74) is 0.890. The number of H-pyrrole nitrogens is 1. The number of amides is 2. The highest BCUT2D eigenvalue weighted by Gasteiger charge is 2.44. The lowest BCUT2D eigenvalue weighted by atomic mass is 10.0. The van der Waals surface area contributed by atoms with Crippen LogP contribution in [0.3, 0.4) is 0 Å². The molecule has 1 aromatic rings. The van der Waals surface area contributed by atoms with E-state index < -0.39 is 12.1 Å². The first-order chi connectivity index (χ1) is 13.6. The second kappa shape index (κ2) is 9.25. The van der Waals surface area contributed by atoms with E-state index in [2.05, 4.69) is 20.4 Å². The summed E-state index contributed by atoms with van der Waals surface area (Å²) in [5.74, 6) is -1.60. The summed E-state index contributed by atoms with van der Waals surface area (Å²) in [5, 5.41) is 16.6. The number of rotatable bonds is 4. The monoisotopic (exact) mass is 419 g/mol. The maximum absolute atomic E-state index is 12.3. The predicted octanol–water partition coefficient (Wildman–Crippen LogP) is 0.630. The molecule has 3 N–H and O–H groups in total. The molecular formula is C17H24F3N5O4. The van der Waals surface area contributed by atoms with Crippen molar-refractivity contribution in [1.29, 1.82) is 0 Å². The van der Waals surface area contributed by atoms with Gasteiger partial charge in [-0.25, -0.2) is 4.79 Å². The summed E-state index contributed by atoms with van der Waals surface area (Å²) in [6.07, 6.45) is -1.03. The highest BCUT2D eigenvalue weighted by atomic mass is 19.4. The number of nitrogens with one attached hydrogen (secondary N) is 2. The molecule has 0 radical (unpaired) electrons. The van der Waals surface area contributed by atoms with Crippen LogP contribution in [0.25, 0.3) is 0 Å². The Morgan fingerprint density at radius 1 is 1.28 bits per heavy atom. The van der Waals surface area contributed by atoms with Crippen molar-refractivity contribution in [3.05, 3.63) is 18.0 Å². The lowest BCUT2D eigenvalue weighted by Crippen LogP contribution is -2.40. The van der Waals surface area contributed by atoms with Gasteiger partial charge in [0.15, 0.2) is 0 Å². The van der Waals surface area contributed by atoms with Crippen LogP contribution in [0.2, 0.25) is 0 Å². The molecule has 0 aliphatic carbocycles. The van der Waals surface area contributed by atoms with Crippen molar-refractivity contribution in [2.75, 3.05) is 33.2 Å². The highest BCUT2D eigenvalue weighted by molar-refractivity contribution is 5.82. The number of likely N-dealkylation sites (tertiary alicyclic amines) is 2. The minimum atomic E-state index is -5.08. The molecule has 0 spiro atoms. The molecule has 3 unspecified atom stereocenters. The van der Waals surface area contributed by atoms with Crippen LogP contribution in [-0.2, 0) is 14.4 Å². The fourth-order valence-corrected chi connectivity index (χ4v) is 3.74. The van der Waals surface area contributed by atoms with Crippen LogP contribution in [0.5, 0.6) is 0 Å². The molecule has 29 heavy (non-hydrogen) atoms. The molecule has 3 heterocycles. The fraction of sp³-hybridized carbons (Fsp3) is 0.647. The van der Waals surface area contributed by atoms with Gasteiger partial charge in [-0.15, -0.1) is 0 Å². The Hall–Kier alpha value is -2.63. The molecule has 12 heteroatoms. The van der Waals surface area contributed by atoms with E-state index in [0.717, 1.165) is 31.7 Å². The molecule has 2 aliphatic heterocycles. The average molecular weight is 419 g/mol. The lowest BCUT2D eigenvalue weighted by molar-refractivity contribution is -0.192. The van der Waals surface area contributed by atoms with Crippen molar-refractivity contribution in [3.8, 4) is 0 Å². The van der Waals surface area contributed by atoms with Crippen LogP contribution in [0.4, 0.5) is 13.2 Å². The van der Waals surface area contributed by atoms with Crippen LogP contribution in [0.1, 0.15) is 24.9 Å². The van der Waals surface area contributed by atoms with Crippen LogP contribution >= 0.6 is 0 Å². The maximum Gasteiger partial charge on any atom is 0.490 e. The maximum atomic E-state index is 12.3. The number of carboxylic acids is 1. The molecule has 1 aromatic heterocycles. The van der Waals surface area contributed by atoms with Crippen molar-refractivity contribution < 1.29 is 32.7 Å². The van der Waals surface area contributed by atoms with Gasteiger partial charge in [-0.2, -0.15) is 18.3 Å². The number of nitrogens with zero attached hydrogens (tertiary/aromatic N) is 3. The number of hydrogen-bond donors (Lipinski definition) is 3. The summed E-state index contributed by atoms with van der Waals surface area (Å²) in [6.45, 7) is 5.24. The molecule has 2 saturated heterocycles. The first-order valence-corrected chi connectivity index (χ1v) is 9.10. The van der Waals surface area contributed by atoms with E-state index in [9.17, 15) is 22.8 Å². The normalized spacial score (nSPS) is 22.4. The van der Waals surface area contributed by atoms with E-state index in [1.165, 1.54) is 0 Å². The Morgan fingerprint density at radius 3 is 2.21 bits per heavy atom. The predicted molar refractivity (Wildman–Crippen MR) is 94.5 cm³/mol. The Balaban J connectivity index is 0.000000370. The summed E-state index contributed by atoms with van der Waals surface area (Å²) in [4.78, 5) is 37.2. The zero-order chi connectivity index (χ0) is 21.8. The quantitative estimate of drug-likeness (QED) is 0.659. The van der Waals surface area contributed by atoms with Gasteiger partial charge >= 0.3 is 12.1 Å². The average Bonchev–Trinajstić information content (AvgIpc) is 3.37. The topological polar surface area (TPSA) is 119 Å². The molecule has 2 amide bonds. The SMILES string of the molecule is CCC(=O)N1CC2CN(C(C(=O)NC)c3cn[nH]c3)CC2C1.O=C(O)C(F)(F)F. The van der Waals surface area contributed by atoms with Gasteiger partial charge in [0.25, 0.3) is 0 Å². The number of carboxylic acid groups (broad SMARTS) is 1. The zero-order valence-electron chi connectivity index (χ0n) is 16.1. The number of carbonyl (C=O) groups excluding carboxylic acids is 2. The fourth-order valence-electron chi connectivity index (χ4n) is 3.74. The summed E-state index contributed by atoms with van der Waals surface area (Å²) in [6, 6.07) is -0.301. The molecule has 0 saturated carbocycles. The molecule has 0 aromatic carbocycles. The van der Waals surface area contributed by atoms with Crippen molar-refractivity contribution in [1.82, 2.24) is 25.3 Å². The smallest absolute Gasteiger partial charge is 0.475 e.